The van der Waals surface area contributed by atoms with E-state index in [9.17, 15) is 10.1 Å². The fourth-order valence-electron chi connectivity index (χ4n) is 3.87. The lowest BCUT2D eigenvalue weighted by atomic mass is 10.0. The van der Waals surface area contributed by atoms with Crippen molar-refractivity contribution in [3.8, 4) is 5.75 Å². The van der Waals surface area contributed by atoms with Gasteiger partial charge in [-0.3, -0.25) is 10.1 Å². The van der Waals surface area contributed by atoms with Crippen molar-refractivity contribution in [1.82, 2.24) is 15.0 Å². The molecule has 5 rings (SSSR count). The van der Waals surface area contributed by atoms with Crippen molar-refractivity contribution in [3.05, 3.63) is 112 Å². The molecule has 4 aromatic carbocycles. The van der Waals surface area contributed by atoms with E-state index in [2.05, 4.69) is 36.1 Å². The quantitative estimate of drug-likeness (QED) is 0.119. The molecule has 0 radical (unpaired) electrons. The first kappa shape index (κ1) is 25.1. The van der Waals surface area contributed by atoms with Crippen LogP contribution in [-0.2, 0) is 6.54 Å². The van der Waals surface area contributed by atoms with Crippen LogP contribution in [0, 0.1) is 10.1 Å². The Balaban J connectivity index is 1.41. The number of ether oxygens (including phenoxy) is 1. The molecule has 0 bridgehead atoms. The molecule has 5 aromatic rings. The maximum absolute atomic E-state index is 11.0. The summed E-state index contributed by atoms with van der Waals surface area (Å²) in [4.78, 5) is 23.8. The van der Waals surface area contributed by atoms with E-state index in [0.29, 0.717) is 23.9 Å². The highest BCUT2D eigenvalue weighted by Gasteiger charge is 2.10. The van der Waals surface area contributed by atoms with Crippen LogP contribution in [-0.4, -0.2) is 33.2 Å². The molecule has 39 heavy (non-hydrogen) atoms. The predicted octanol–water partition coefficient (Wildman–Crippen LogP) is 5.74. The second-order valence-electron chi connectivity index (χ2n) is 8.35. The van der Waals surface area contributed by atoms with Gasteiger partial charge in [-0.2, -0.15) is 20.1 Å². The molecule has 0 amide bonds. The van der Waals surface area contributed by atoms with E-state index in [1.54, 1.807) is 25.5 Å². The SMILES string of the molecule is COc1ccc2ccccc2c1/C=N\Nc1nc(NCc2ccccc2)nc(Nc2ccc([N+](=O)[O-])cc2)n1. The number of nitrogens with one attached hydrogen (secondary N) is 3. The zero-order valence-electron chi connectivity index (χ0n) is 20.9. The number of methoxy groups -OCH3 is 1. The predicted molar refractivity (Wildman–Crippen MR) is 152 cm³/mol. The fourth-order valence-corrected chi connectivity index (χ4v) is 3.87. The molecule has 0 saturated carbocycles. The van der Waals surface area contributed by atoms with Crippen molar-refractivity contribution in [3.63, 3.8) is 0 Å². The third-order valence-electron chi connectivity index (χ3n) is 5.77. The Morgan fingerprint density at radius 1 is 0.872 bits per heavy atom. The van der Waals surface area contributed by atoms with Gasteiger partial charge in [-0.25, -0.2) is 5.43 Å². The van der Waals surface area contributed by atoms with Crippen LogP contribution in [0.25, 0.3) is 10.8 Å². The zero-order chi connectivity index (χ0) is 27.0. The van der Waals surface area contributed by atoms with Gasteiger partial charge in [0.15, 0.2) is 0 Å². The Morgan fingerprint density at radius 3 is 2.36 bits per heavy atom. The highest BCUT2D eigenvalue weighted by Crippen LogP contribution is 2.26. The number of nitro benzene ring substituents is 1. The number of fused-ring (bicyclic) bond motifs is 1. The molecule has 0 fully saturated rings. The summed E-state index contributed by atoms with van der Waals surface area (Å²) in [6.45, 7) is 0.498. The summed E-state index contributed by atoms with van der Waals surface area (Å²) in [7, 11) is 1.61. The van der Waals surface area contributed by atoms with Crippen molar-refractivity contribution in [1.29, 1.82) is 0 Å². The van der Waals surface area contributed by atoms with E-state index in [1.807, 2.05) is 66.7 Å². The van der Waals surface area contributed by atoms with Crippen LogP contribution in [0.1, 0.15) is 11.1 Å². The summed E-state index contributed by atoms with van der Waals surface area (Å²) < 4.78 is 5.54. The number of nitrogens with zero attached hydrogens (tertiary/aromatic N) is 5. The monoisotopic (exact) mass is 520 g/mol. The van der Waals surface area contributed by atoms with Crippen molar-refractivity contribution < 1.29 is 9.66 Å². The first-order valence-corrected chi connectivity index (χ1v) is 12.0. The Labute approximate surface area is 223 Å². The van der Waals surface area contributed by atoms with Gasteiger partial charge < -0.3 is 15.4 Å². The summed E-state index contributed by atoms with van der Waals surface area (Å²) in [6, 6.07) is 27.6. The molecule has 11 nitrogen and oxygen atoms in total. The zero-order valence-corrected chi connectivity index (χ0v) is 20.9. The van der Waals surface area contributed by atoms with Crippen LogP contribution in [0.2, 0.25) is 0 Å². The molecule has 194 valence electrons. The first-order valence-electron chi connectivity index (χ1n) is 12.0. The molecule has 0 saturated heterocycles. The van der Waals surface area contributed by atoms with E-state index in [-0.39, 0.29) is 17.6 Å². The van der Waals surface area contributed by atoms with Gasteiger partial charge in [0.1, 0.15) is 5.75 Å². The molecule has 0 aliphatic carbocycles. The number of aromatic nitrogens is 3. The van der Waals surface area contributed by atoms with Crippen LogP contribution in [0.4, 0.5) is 29.2 Å². The van der Waals surface area contributed by atoms with E-state index in [1.165, 1.54) is 12.1 Å². The Morgan fingerprint density at radius 2 is 1.59 bits per heavy atom. The third kappa shape index (κ3) is 6.23. The van der Waals surface area contributed by atoms with Crippen molar-refractivity contribution in [2.24, 2.45) is 5.10 Å². The highest BCUT2D eigenvalue weighted by molar-refractivity contribution is 6.02. The first-order chi connectivity index (χ1) is 19.1. The topological polar surface area (TPSA) is 139 Å². The molecule has 0 aliphatic heterocycles. The van der Waals surface area contributed by atoms with Gasteiger partial charge in [-0.1, -0.05) is 60.7 Å². The van der Waals surface area contributed by atoms with Crippen LogP contribution in [0.3, 0.4) is 0 Å². The van der Waals surface area contributed by atoms with E-state index < -0.39 is 4.92 Å². The smallest absolute Gasteiger partial charge is 0.269 e. The summed E-state index contributed by atoms with van der Waals surface area (Å²) >= 11 is 0. The minimum Gasteiger partial charge on any atom is -0.496 e. The number of nitro groups is 1. The van der Waals surface area contributed by atoms with E-state index in [0.717, 1.165) is 21.9 Å². The highest BCUT2D eigenvalue weighted by atomic mass is 16.6. The van der Waals surface area contributed by atoms with Gasteiger partial charge in [-0.05, 0) is 34.5 Å². The van der Waals surface area contributed by atoms with Crippen molar-refractivity contribution in [2.75, 3.05) is 23.2 Å². The third-order valence-corrected chi connectivity index (χ3v) is 5.77. The Bertz CT molecular complexity index is 1630. The second kappa shape index (κ2) is 11.6. The van der Waals surface area contributed by atoms with Crippen LogP contribution < -0.4 is 20.8 Å². The van der Waals surface area contributed by atoms with Gasteiger partial charge in [-0.15, -0.1) is 0 Å². The van der Waals surface area contributed by atoms with Gasteiger partial charge in [0.25, 0.3) is 5.69 Å². The largest absolute Gasteiger partial charge is 0.496 e. The number of hydrazone groups is 1. The number of non-ortho nitro benzene ring substituents is 1. The average molecular weight is 521 g/mol. The maximum Gasteiger partial charge on any atom is 0.269 e. The normalized spacial score (nSPS) is 10.9. The molecule has 1 heterocycles. The molecule has 11 heteroatoms. The second-order valence-corrected chi connectivity index (χ2v) is 8.35. The number of anilines is 4. The molecule has 0 unspecified atom stereocenters. The minimum absolute atomic E-state index is 0.0121. The van der Waals surface area contributed by atoms with Gasteiger partial charge >= 0.3 is 0 Å². The lowest BCUT2D eigenvalue weighted by Gasteiger charge is -2.11. The van der Waals surface area contributed by atoms with E-state index >= 15 is 0 Å². The van der Waals surface area contributed by atoms with Crippen molar-refractivity contribution >= 4 is 46.2 Å². The number of rotatable bonds is 10. The number of hydrogen-bond donors (Lipinski definition) is 3. The maximum atomic E-state index is 11.0. The van der Waals surface area contributed by atoms with Gasteiger partial charge in [0.2, 0.25) is 17.8 Å². The molecule has 3 N–H and O–H groups in total. The molecular weight excluding hydrogens is 496 g/mol. The molecule has 1 aromatic heterocycles. The fraction of sp³-hybridized carbons (Fsp3) is 0.0714. The minimum atomic E-state index is -0.455. The summed E-state index contributed by atoms with van der Waals surface area (Å²) in [5, 5.41) is 23.7. The summed E-state index contributed by atoms with van der Waals surface area (Å²) in [5.41, 5.74) is 5.31. The Hall–Kier alpha value is -5.58. The summed E-state index contributed by atoms with van der Waals surface area (Å²) in [6.07, 6.45) is 1.66. The Kier molecular flexibility index (Phi) is 7.49. The average Bonchev–Trinajstić information content (AvgIpc) is 2.97. The van der Waals surface area contributed by atoms with Gasteiger partial charge in [0, 0.05) is 29.9 Å². The lowest BCUT2D eigenvalue weighted by molar-refractivity contribution is -0.384. The standard InChI is InChI=1S/C28H24N8O3/c1-39-25-16-11-20-9-5-6-10-23(20)24(25)18-30-35-28-33-26(29-17-19-7-3-2-4-8-19)32-27(34-28)31-21-12-14-22(15-13-21)36(37)38/h2-16,18H,17H2,1H3,(H3,29,31,32,33,34,35)/b30-18-. The van der Waals surface area contributed by atoms with Crippen LogP contribution in [0.15, 0.2) is 96.1 Å². The molecule has 0 spiro atoms. The lowest BCUT2D eigenvalue weighted by Crippen LogP contribution is -2.09. The van der Waals surface area contributed by atoms with Gasteiger partial charge in [0.05, 0.1) is 18.2 Å². The number of benzene rings is 4. The van der Waals surface area contributed by atoms with Crippen molar-refractivity contribution in [2.45, 2.75) is 6.54 Å². The number of hydrogen-bond acceptors (Lipinski definition) is 10. The van der Waals surface area contributed by atoms with E-state index in [4.69, 9.17) is 4.74 Å². The van der Waals surface area contributed by atoms with Crippen LogP contribution in [0.5, 0.6) is 5.75 Å². The molecule has 0 aliphatic rings. The van der Waals surface area contributed by atoms with Crippen LogP contribution >= 0.6 is 0 Å². The summed E-state index contributed by atoms with van der Waals surface area (Å²) in [5.74, 6) is 1.43. The molecule has 0 atom stereocenters. The molecular formula is C28H24N8O3.